The summed E-state index contributed by atoms with van der Waals surface area (Å²) in [4.78, 5) is 4.69. The molecule has 0 amide bonds. The Morgan fingerprint density at radius 1 is 1.04 bits per heavy atom. The fourth-order valence-electron chi connectivity index (χ4n) is 3.14. The number of piperazine rings is 1. The van der Waals surface area contributed by atoms with Gasteiger partial charge >= 0.3 is 0 Å². The maximum absolute atomic E-state index is 4.57. The largest absolute Gasteiger partial charge is 0.353 e. The van der Waals surface area contributed by atoms with Gasteiger partial charge in [-0.05, 0) is 35.4 Å². The van der Waals surface area contributed by atoms with Crippen LogP contribution in [0.25, 0.3) is 5.65 Å². The average molecular weight is 326 g/mol. The van der Waals surface area contributed by atoms with E-state index in [9.17, 15) is 0 Å². The Hall–Kier alpha value is -2.62. The van der Waals surface area contributed by atoms with Gasteiger partial charge in [-0.15, -0.1) is 20.4 Å². The molecule has 4 heterocycles. The molecule has 0 N–H and O–H groups in total. The van der Waals surface area contributed by atoms with Crippen LogP contribution in [0.1, 0.15) is 24.7 Å². The first kappa shape index (κ1) is 13.8. The van der Waals surface area contributed by atoms with Crippen LogP contribution in [0.4, 0.5) is 5.82 Å². The van der Waals surface area contributed by atoms with E-state index in [1.165, 1.54) is 12.8 Å². The molecule has 1 saturated heterocycles. The van der Waals surface area contributed by atoms with Crippen LogP contribution >= 0.6 is 0 Å². The van der Waals surface area contributed by atoms with E-state index in [2.05, 4.69) is 40.6 Å². The first-order valence-electron chi connectivity index (χ1n) is 8.28. The highest BCUT2D eigenvalue weighted by Gasteiger charge is 2.29. The van der Waals surface area contributed by atoms with Gasteiger partial charge in [-0.25, -0.2) is 4.68 Å². The fourth-order valence-corrected chi connectivity index (χ4v) is 3.14. The van der Waals surface area contributed by atoms with E-state index in [1.54, 1.807) is 10.8 Å². The molecule has 1 aliphatic carbocycles. The smallest absolute Gasteiger partial charge is 0.177 e. The monoisotopic (exact) mass is 326 g/mol. The maximum Gasteiger partial charge on any atom is 0.177 e. The van der Waals surface area contributed by atoms with E-state index < -0.39 is 0 Å². The van der Waals surface area contributed by atoms with E-state index in [1.807, 2.05) is 16.8 Å². The van der Waals surface area contributed by atoms with Crippen LogP contribution in [0.3, 0.4) is 0 Å². The second-order valence-corrected chi connectivity index (χ2v) is 6.36. The van der Waals surface area contributed by atoms with Crippen molar-refractivity contribution in [2.75, 3.05) is 31.1 Å². The SMILES string of the molecule is c1cc2nncn2nc1N1CCN(Cc2nnnn2C2CC2)CC1. The Bertz CT molecular complexity index is 842. The third kappa shape index (κ3) is 2.48. The van der Waals surface area contributed by atoms with Crippen LogP contribution in [0.2, 0.25) is 0 Å². The molecule has 24 heavy (non-hydrogen) atoms. The Balaban J connectivity index is 1.24. The molecule has 0 unspecified atom stereocenters. The zero-order valence-corrected chi connectivity index (χ0v) is 13.2. The number of anilines is 1. The molecule has 0 bridgehead atoms. The molecule has 0 atom stereocenters. The predicted octanol–water partition coefficient (Wildman–Crippen LogP) is -0.232. The zero-order chi connectivity index (χ0) is 15.9. The van der Waals surface area contributed by atoms with Crippen LogP contribution in [-0.2, 0) is 6.54 Å². The number of hydrogen-bond donors (Lipinski definition) is 0. The number of hydrogen-bond acceptors (Lipinski definition) is 8. The molecule has 124 valence electrons. The summed E-state index contributed by atoms with van der Waals surface area (Å²) in [6.07, 6.45) is 4.03. The maximum atomic E-state index is 4.57. The molecule has 5 rings (SSSR count). The number of fused-ring (bicyclic) bond motifs is 1. The van der Waals surface area contributed by atoms with Gasteiger partial charge in [-0.1, -0.05) is 0 Å². The van der Waals surface area contributed by atoms with Gasteiger partial charge in [0.2, 0.25) is 0 Å². The molecule has 0 radical (unpaired) electrons. The van der Waals surface area contributed by atoms with Crippen LogP contribution in [-0.4, -0.2) is 71.1 Å². The molecule has 10 heteroatoms. The summed E-state index contributed by atoms with van der Waals surface area (Å²) in [7, 11) is 0. The quantitative estimate of drug-likeness (QED) is 0.649. The van der Waals surface area contributed by atoms with Gasteiger partial charge in [0, 0.05) is 26.2 Å². The number of tetrazole rings is 1. The molecule has 10 nitrogen and oxygen atoms in total. The minimum Gasteiger partial charge on any atom is -0.353 e. The van der Waals surface area contributed by atoms with Crippen molar-refractivity contribution in [3.63, 3.8) is 0 Å². The molecule has 3 aromatic heterocycles. The molecule has 1 saturated carbocycles. The molecule has 1 aliphatic heterocycles. The third-order valence-corrected chi connectivity index (χ3v) is 4.66. The second-order valence-electron chi connectivity index (χ2n) is 6.36. The summed E-state index contributed by atoms with van der Waals surface area (Å²) in [6, 6.07) is 4.48. The van der Waals surface area contributed by atoms with Crippen molar-refractivity contribution in [3.05, 3.63) is 24.3 Å². The second kappa shape index (κ2) is 5.48. The Morgan fingerprint density at radius 2 is 1.92 bits per heavy atom. The van der Waals surface area contributed by atoms with Crippen molar-refractivity contribution in [1.82, 2.24) is 44.9 Å². The normalized spacial score (nSPS) is 19.2. The van der Waals surface area contributed by atoms with Gasteiger partial charge < -0.3 is 4.90 Å². The highest BCUT2D eigenvalue weighted by molar-refractivity contribution is 5.45. The fraction of sp³-hybridized carbons (Fsp3) is 0.571. The highest BCUT2D eigenvalue weighted by Crippen LogP contribution is 2.34. The van der Waals surface area contributed by atoms with E-state index in [0.29, 0.717) is 6.04 Å². The summed E-state index contributed by atoms with van der Waals surface area (Å²) >= 11 is 0. The van der Waals surface area contributed by atoms with Crippen molar-refractivity contribution in [1.29, 1.82) is 0 Å². The molecule has 2 fully saturated rings. The van der Waals surface area contributed by atoms with Crippen molar-refractivity contribution in [3.8, 4) is 0 Å². The highest BCUT2D eigenvalue weighted by atomic mass is 15.6. The lowest BCUT2D eigenvalue weighted by molar-refractivity contribution is 0.238. The molecular weight excluding hydrogens is 308 g/mol. The Labute approximate surface area is 138 Å². The summed E-state index contributed by atoms with van der Waals surface area (Å²) in [5, 5.41) is 24.6. The van der Waals surface area contributed by atoms with Crippen molar-refractivity contribution in [2.45, 2.75) is 25.4 Å². The molecular formula is C14H18N10. The summed E-state index contributed by atoms with van der Waals surface area (Å²) in [5.74, 6) is 1.94. The summed E-state index contributed by atoms with van der Waals surface area (Å²) in [5.41, 5.74) is 0.768. The lowest BCUT2D eigenvalue weighted by atomic mass is 10.3. The van der Waals surface area contributed by atoms with E-state index in [0.717, 1.165) is 50.0 Å². The Morgan fingerprint density at radius 3 is 2.75 bits per heavy atom. The van der Waals surface area contributed by atoms with Crippen LogP contribution in [0.15, 0.2) is 18.5 Å². The molecule has 3 aromatic rings. The topological polar surface area (TPSA) is 93.2 Å². The molecule has 0 aromatic carbocycles. The lowest BCUT2D eigenvalue weighted by Crippen LogP contribution is -2.46. The van der Waals surface area contributed by atoms with E-state index in [-0.39, 0.29) is 0 Å². The van der Waals surface area contributed by atoms with Crippen molar-refractivity contribution < 1.29 is 0 Å². The predicted molar refractivity (Wildman–Crippen MR) is 84.4 cm³/mol. The zero-order valence-electron chi connectivity index (χ0n) is 13.2. The molecule has 2 aliphatic rings. The van der Waals surface area contributed by atoms with Crippen LogP contribution in [0.5, 0.6) is 0 Å². The average Bonchev–Trinajstić information content (AvgIpc) is 3.17. The summed E-state index contributed by atoms with van der Waals surface area (Å²) in [6.45, 7) is 4.63. The van der Waals surface area contributed by atoms with Gasteiger partial charge in [-0.2, -0.15) is 4.52 Å². The third-order valence-electron chi connectivity index (χ3n) is 4.66. The standard InChI is InChI=1S/C14H18N10/c1-2-11(1)24-14(17-19-20-24)9-21-5-7-22(8-6-21)13-4-3-12-16-15-10-23(12)18-13/h3-4,10-11H,1-2,5-9H2. The number of rotatable bonds is 4. The Kier molecular flexibility index (Phi) is 3.15. The van der Waals surface area contributed by atoms with Crippen molar-refractivity contribution in [2.24, 2.45) is 0 Å². The minimum absolute atomic E-state index is 0.524. The lowest BCUT2D eigenvalue weighted by Gasteiger charge is -2.34. The number of nitrogens with zero attached hydrogens (tertiary/aromatic N) is 10. The van der Waals surface area contributed by atoms with Gasteiger partial charge in [0.1, 0.15) is 12.1 Å². The van der Waals surface area contributed by atoms with Crippen LogP contribution < -0.4 is 4.90 Å². The van der Waals surface area contributed by atoms with Gasteiger partial charge in [0.25, 0.3) is 0 Å². The first-order valence-corrected chi connectivity index (χ1v) is 8.28. The van der Waals surface area contributed by atoms with Gasteiger partial charge in [-0.3, -0.25) is 4.90 Å². The molecule has 0 spiro atoms. The number of aromatic nitrogens is 8. The van der Waals surface area contributed by atoms with E-state index in [4.69, 9.17) is 0 Å². The summed E-state index contributed by atoms with van der Waals surface area (Å²) < 4.78 is 3.71. The minimum atomic E-state index is 0.524. The van der Waals surface area contributed by atoms with Crippen LogP contribution in [0, 0.1) is 0 Å². The van der Waals surface area contributed by atoms with Crippen molar-refractivity contribution >= 4 is 11.5 Å². The van der Waals surface area contributed by atoms with Gasteiger partial charge in [0.05, 0.1) is 12.6 Å². The van der Waals surface area contributed by atoms with E-state index >= 15 is 0 Å². The first-order chi connectivity index (χ1) is 11.9. The van der Waals surface area contributed by atoms with Gasteiger partial charge in [0.15, 0.2) is 11.5 Å².